The van der Waals surface area contributed by atoms with Gasteiger partial charge in [0.05, 0.1) is 14.1 Å². The molecule has 0 aliphatic carbocycles. The topological polar surface area (TPSA) is 30.0 Å². The van der Waals surface area contributed by atoms with E-state index >= 15 is 0 Å². The fraction of sp³-hybridized carbons (Fsp3) is 0.226. The molecule has 1 N–H and O–H groups in total. The maximum absolute atomic E-state index is 2.42. The third-order valence-electron chi connectivity index (χ3n) is 6.83. The molecule has 4 aromatic carbocycles. The molecule has 0 aromatic heterocycles. The normalized spacial score (nSPS) is 11.6. The molecule has 170 valence electrons. The number of quaternary nitrogens is 1. The fourth-order valence-electron chi connectivity index (χ4n) is 4.96. The van der Waals surface area contributed by atoms with E-state index in [1.807, 2.05) is 0 Å². The summed E-state index contributed by atoms with van der Waals surface area (Å²) in [6, 6.07) is 44.0. The molecule has 0 heterocycles. The molecule has 33 heavy (non-hydrogen) atoms. The summed E-state index contributed by atoms with van der Waals surface area (Å²) >= 11 is 0. The van der Waals surface area contributed by atoms with Gasteiger partial charge in [-0.2, -0.15) is 0 Å². The van der Waals surface area contributed by atoms with Gasteiger partial charge in [0.1, 0.15) is 12.1 Å². The van der Waals surface area contributed by atoms with Gasteiger partial charge in [0.25, 0.3) is 0 Å². The number of hydrogen-bond donors (Lipinski definition) is 0. The first-order chi connectivity index (χ1) is 15.6. The van der Waals surface area contributed by atoms with Crippen molar-refractivity contribution >= 4 is 0 Å². The zero-order valence-electron chi connectivity index (χ0n) is 19.8. The maximum Gasteiger partial charge on any atom is 0.111 e. The van der Waals surface area contributed by atoms with Crippen molar-refractivity contribution in [3.05, 3.63) is 144 Å². The van der Waals surface area contributed by atoms with Gasteiger partial charge in [-0.15, -0.1) is 0 Å². The van der Waals surface area contributed by atoms with Crippen LogP contribution < -0.4 is 0 Å². The number of benzene rings is 4. The largest absolute Gasteiger partial charge is 0.870 e. The molecule has 4 rings (SSSR count). The Hall–Kier alpha value is -3.20. The lowest BCUT2D eigenvalue weighted by Crippen LogP contribution is -2.62. The predicted octanol–water partition coefficient (Wildman–Crippen LogP) is 6.55. The Morgan fingerprint density at radius 3 is 1.03 bits per heavy atom. The molecule has 0 saturated carbocycles. The molecule has 0 radical (unpaired) electrons. The molecular formula is C31H35NO. The van der Waals surface area contributed by atoms with E-state index in [1.54, 1.807) is 0 Å². The number of nitrogens with zero attached hydrogens (tertiary/aromatic N) is 1. The lowest BCUT2D eigenvalue weighted by atomic mass is 9.76. The van der Waals surface area contributed by atoms with Gasteiger partial charge in [-0.25, -0.2) is 0 Å². The van der Waals surface area contributed by atoms with Crippen molar-refractivity contribution in [2.45, 2.75) is 31.3 Å². The zero-order valence-corrected chi connectivity index (χ0v) is 19.8. The van der Waals surface area contributed by atoms with E-state index in [0.717, 1.165) is 30.3 Å². The van der Waals surface area contributed by atoms with Crippen LogP contribution >= 0.6 is 0 Å². The summed E-state index contributed by atoms with van der Waals surface area (Å²) in [6.07, 6.45) is 3.08. The van der Waals surface area contributed by atoms with Crippen molar-refractivity contribution in [1.82, 2.24) is 0 Å². The maximum atomic E-state index is 2.42. The average Bonchev–Trinajstić information content (AvgIpc) is 2.81. The molecular weight excluding hydrogens is 402 g/mol. The van der Waals surface area contributed by atoms with Crippen LogP contribution in [-0.2, 0) is 25.8 Å². The highest BCUT2D eigenvalue weighted by molar-refractivity contribution is 5.26. The predicted molar refractivity (Wildman–Crippen MR) is 137 cm³/mol. The molecule has 0 spiro atoms. The minimum Gasteiger partial charge on any atom is -0.870 e. The van der Waals surface area contributed by atoms with Gasteiger partial charge in [0.15, 0.2) is 0 Å². The van der Waals surface area contributed by atoms with Crippen molar-refractivity contribution in [1.29, 1.82) is 0 Å². The van der Waals surface area contributed by atoms with Crippen LogP contribution in [0.15, 0.2) is 121 Å². The van der Waals surface area contributed by atoms with E-state index in [1.165, 1.54) is 22.3 Å². The zero-order chi connectivity index (χ0) is 22.3. The van der Waals surface area contributed by atoms with Gasteiger partial charge < -0.3 is 9.96 Å². The number of rotatable bonds is 9. The van der Waals surface area contributed by atoms with E-state index in [9.17, 15) is 0 Å². The summed E-state index contributed by atoms with van der Waals surface area (Å²) in [7, 11) is 4.84. The third-order valence-corrected chi connectivity index (χ3v) is 6.83. The molecule has 2 heteroatoms. The first kappa shape index (κ1) is 24.4. The van der Waals surface area contributed by atoms with Crippen LogP contribution in [0.5, 0.6) is 0 Å². The lowest BCUT2D eigenvalue weighted by Gasteiger charge is -2.50. The van der Waals surface area contributed by atoms with Gasteiger partial charge in [-0.1, -0.05) is 121 Å². The van der Waals surface area contributed by atoms with Crippen molar-refractivity contribution in [2.75, 3.05) is 14.1 Å². The Morgan fingerprint density at radius 1 is 0.455 bits per heavy atom. The van der Waals surface area contributed by atoms with Crippen molar-refractivity contribution in [3.8, 4) is 0 Å². The monoisotopic (exact) mass is 437 g/mol. The van der Waals surface area contributed by atoms with Crippen LogP contribution in [0.25, 0.3) is 0 Å². The van der Waals surface area contributed by atoms with Crippen LogP contribution in [0.3, 0.4) is 0 Å². The van der Waals surface area contributed by atoms with Gasteiger partial charge in [0.2, 0.25) is 0 Å². The molecule has 0 aliphatic heterocycles. The van der Waals surface area contributed by atoms with Crippen LogP contribution in [0.4, 0.5) is 0 Å². The summed E-state index contributed by atoms with van der Waals surface area (Å²) < 4.78 is 0.912. The van der Waals surface area contributed by atoms with Gasteiger partial charge in [-0.3, -0.25) is 0 Å². The van der Waals surface area contributed by atoms with Crippen molar-refractivity contribution < 1.29 is 9.96 Å². The minimum atomic E-state index is -0.0000978. The minimum absolute atomic E-state index is 0. The highest BCUT2D eigenvalue weighted by Crippen LogP contribution is 2.35. The molecule has 2 nitrogen and oxygen atoms in total. The Kier molecular flexibility index (Phi) is 8.21. The Labute approximate surface area is 199 Å². The van der Waals surface area contributed by atoms with E-state index in [-0.39, 0.29) is 11.0 Å². The van der Waals surface area contributed by atoms with Crippen LogP contribution in [0.2, 0.25) is 0 Å². The number of hydrogen-bond acceptors (Lipinski definition) is 1. The standard InChI is InChI=1S/C31H34N.H2O/c1-32(2,26-30-21-13-6-14-22-30)31(23-27-15-7-3-8-16-27,24-28-17-9-4-10-18-28)25-29-19-11-5-12-20-29;/h3-22H,23-26H2,1-2H3;1H2/q+1;/p-1. The molecule has 0 unspecified atom stereocenters. The van der Waals surface area contributed by atoms with Crippen LogP contribution in [0.1, 0.15) is 22.3 Å². The van der Waals surface area contributed by atoms with E-state index in [0.29, 0.717) is 0 Å². The van der Waals surface area contributed by atoms with Gasteiger partial charge >= 0.3 is 0 Å². The highest BCUT2D eigenvalue weighted by atomic mass is 16.0. The molecule has 0 saturated heterocycles. The highest BCUT2D eigenvalue weighted by Gasteiger charge is 2.45. The molecule has 0 aliphatic rings. The second kappa shape index (κ2) is 11.1. The van der Waals surface area contributed by atoms with Gasteiger partial charge in [-0.05, 0) is 16.7 Å². The van der Waals surface area contributed by atoms with E-state index in [2.05, 4.69) is 135 Å². The Balaban J connectivity index is 0.00000306. The molecule has 0 bridgehead atoms. The third kappa shape index (κ3) is 6.19. The summed E-state index contributed by atoms with van der Waals surface area (Å²) in [4.78, 5) is 0. The van der Waals surface area contributed by atoms with Crippen molar-refractivity contribution in [3.63, 3.8) is 0 Å². The molecule has 0 atom stereocenters. The summed E-state index contributed by atoms with van der Waals surface area (Å²) in [5, 5.41) is 0. The second-order valence-corrected chi connectivity index (χ2v) is 9.54. The van der Waals surface area contributed by atoms with Crippen LogP contribution in [-0.4, -0.2) is 29.6 Å². The first-order valence-corrected chi connectivity index (χ1v) is 11.6. The van der Waals surface area contributed by atoms with Gasteiger partial charge in [0, 0.05) is 24.8 Å². The molecule has 4 aromatic rings. The van der Waals surface area contributed by atoms with Crippen LogP contribution in [0, 0.1) is 0 Å². The second-order valence-electron chi connectivity index (χ2n) is 9.54. The summed E-state index contributed by atoms with van der Waals surface area (Å²) in [5.41, 5.74) is 5.59. The Bertz CT molecular complexity index is 975. The molecule has 0 fully saturated rings. The van der Waals surface area contributed by atoms with E-state index < -0.39 is 0 Å². The smallest absolute Gasteiger partial charge is 0.111 e. The Morgan fingerprint density at radius 2 is 0.727 bits per heavy atom. The van der Waals surface area contributed by atoms with E-state index in [4.69, 9.17) is 0 Å². The SMILES string of the molecule is C[N+](C)(Cc1ccccc1)C(Cc1ccccc1)(Cc1ccccc1)Cc1ccccc1.[OH-]. The first-order valence-electron chi connectivity index (χ1n) is 11.6. The summed E-state index contributed by atoms with van der Waals surface area (Å²) in [6.45, 7) is 0.993. The molecule has 0 amide bonds. The fourth-order valence-corrected chi connectivity index (χ4v) is 4.96. The summed E-state index contributed by atoms with van der Waals surface area (Å²) in [5.74, 6) is 0. The average molecular weight is 438 g/mol. The lowest BCUT2D eigenvalue weighted by molar-refractivity contribution is -0.954. The van der Waals surface area contributed by atoms with Crippen molar-refractivity contribution in [2.24, 2.45) is 0 Å². The number of likely N-dealkylation sites (N-methyl/N-ethyl adjacent to an activating group) is 1. The quantitative estimate of drug-likeness (QED) is 0.273.